The molecule has 0 aliphatic rings. The summed E-state index contributed by atoms with van der Waals surface area (Å²) in [7, 11) is 0. The van der Waals surface area contributed by atoms with Crippen molar-refractivity contribution in [3.8, 4) is 33.6 Å². The molecule has 194 valence electrons. The Hall–Kier alpha value is -4.85. The Morgan fingerprint density at radius 1 is 0.923 bits per heavy atom. The van der Waals surface area contributed by atoms with Gasteiger partial charge in [-0.15, -0.1) is 0 Å². The molecule has 0 amide bonds. The summed E-state index contributed by atoms with van der Waals surface area (Å²) in [5, 5.41) is 12.8. The second-order valence-corrected chi connectivity index (χ2v) is 9.84. The first-order valence-corrected chi connectivity index (χ1v) is 13.0. The van der Waals surface area contributed by atoms with Crippen LogP contribution in [-0.2, 0) is 0 Å². The van der Waals surface area contributed by atoms with Crippen LogP contribution in [0.3, 0.4) is 0 Å². The number of aromatic amines is 2. The van der Waals surface area contributed by atoms with Crippen LogP contribution in [-0.4, -0.2) is 30.1 Å². The fourth-order valence-corrected chi connectivity index (χ4v) is 4.89. The molecular formula is C31H28FN7. The first-order chi connectivity index (χ1) is 19.0. The summed E-state index contributed by atoms with van der Waals surface area (Å²) in [5.74, 6) is -0.269. The fourth-order valence-electron chi connectivity index (χ4n) is 4.89. The summed E-state index contributed by atoms with van der Waals surface area (Å²) < 4.78 is 14.2. The Balaban J connectivity index is 1.38. The van der Waals surface area contributed by atoms with Gasteiger partial charge >= 0.3 is 0 Å². The van der Waals surface area contributed by atoms with E-state index in [2.05, 4.69) is 61.1 Å². The smallest absolute Gasteiger partial charge is 0.181 e. The molecule has 39 heavy (non-hydrogen) atoms. The summed E-state index contributed by atoms with van der Waals surface area (Å²) in [6.07, 6.45) is 12.1. The van der Waals surface area contributed by atoms with E-state index in [-0.39, 0.29) is 5.82 Å². The van der Waals surface area contributed by atoms with E-state index in [1.165, 1.54) is 12.1 Å². The van der Waals surface area contributed by atoms with Crippen LogP contribution in [0.25, 0.3) is 55.6 Å². The van der Waals surface area contributed by atoms with Crippen molar-refractivity contribution >= 4 is 27.6 Å². The van der Waals surface area contributed by atoms with E-state index >= 15 is 0 Å². The molecule has 0 atom stereocenters. The average molecular weight is 518 g/mol. The van der Waals surface area contributed by atoms with Gasteiger partial charge in [0.2, 0.25) is 0 Å². The van der Waals surface area contributed by atoms with Crippen molar-refractivity contribution in [3.05, 3.63) is 91.0 Å². The number of halogens is 1. The van der Waals surface area contributed by atoms with Gasteiger partial charge in [-0.25, -0.2) is 9.37 Å². The zero-order valence-corrected chi connectivity index (χ0v) is 21.8. The van der Waals surface area contributed by atoms with Gasteiger partial charge < -0.3 is 10.3 Å². The lowest BCUT2D eigenvalue weighted by Crippen LogP contribution is -1.98. The van der Waals surface area contributed by atoms with Crippen molar-refractivity contribution in [1.29, 1.82) is 0 Å². The Labute approximate surface area is 225 Å². The number of hydrogen-bond donors (Lipinski definition) is 3. The van der Waals surface area contributed by atoms with E-state index in [9.17, 15) is 4.39 Å². The van der Waals surface area contributed by atoms with E-state index in [4.69, 9.17) is 0 Å². The Morgan fingerprint density at radius 2 is 1.77 bits per heavy atom. The number of nitrogens with zero attached hydrogens (tertiary/aromatic N) is 4. The first-order valence-electron chi connectivity index (χ1n) is 13.0. The zero-order valence-electron chi connectivity index (χ0n) is 21.8. The summed E-state index contributed by atoms with van der Waals surface area (Å²) in [5.41, 5.74) is 9.35. The number of benzene rings is 1. The number of anilines is 1. The highest BCUT2D eigenvalue weighted by Gasteiger charge is 2.16. The van der Waals surface area contributed by atoms with Gasteiger partial charge in [0.1, 0.15) is 5.82 Å². The van der Waals surface area contributed by atoms with Crippen LogP contribution in [0.15, 0.2) is 79.7 Å². The van der Waals surface area contributed by atoms with E-state index in [0.717, 1.165) is 86.1 Å². The van der Waals surface area contributed by atoms with Crippen molar-refractivity contribution in [2.45, 2.75) is 33.1 Å². The molecule has 0 saturated heterocycles. The van der Waals surface area contributed by atoms with Crippen LogP contribution in [0.5, 0.6) is 0 Å². The molecule has 3 N–H and O–H groups in total. The predicted octanol–water partition coefficient (Wildman–Crippen LogP) is 7.79. The van der Waals surface area contributed by atoms with Gasteiger partial charge in [0.25, 0.3) is 0 Å². The van der Waals surface area contributed by atoms with E-state index in [1.54, 1.807) is 24.8 Å². The van der Waals surface area contributed by atoms with Gasteiger partial charge in [0.15, 0.2) is 5.65 Å². The number of fused-ring (bicyclic) bond motifs is 2. The SMILES string of the molecule is C=C(CCCC)Nc1cncc(-c2cnc3n[nH]c(-c4cc5c(-c6cc(C)cc(F)c6)cncc5[nH]4)c3c2)c1. The van der Waals surface area contributed by atoms with E-state index < -0.39 is 0 Å². The summed E-state index contributed by atoms with van der Waals surface area (Å²) in [6, 6.07) is 11.2. The number of rotatable bonds is 8. The molecule has 0 unspecified atom stereocenters. The van der Waals surface area contributed by atoms with E-state index in [1.807, 2.05) is 25.3 Å². The van der Waals surface area contributed by atoms with Crippen LogP contribution in [0.1, 0.15) is 31.7 Å². The molecule has 0 fully saturated rings. The molecular weight excluding hydrogens is 489 g/mol. The second kappa shape index (κ2) is 10.1. The Morgan fingerprint density at radius 3 is 2.62 bits per heavy atom. The zero-order chi connectivity index (χ0) is 26.9. The number of allylic oxidation sites excluding steroid dienone is 1. The summed E-state index contributed by atoms with van der Waals surface area (Å²) >= 11 is 0. The first kappa shape index (κ1) is 24.5. The van der Waals surface area contributed by atoms with Crippen molar-refractivity contribution in [2.24, 2.45) is 0 Å². The highest BCUT2D eigenvalue weighted by molar-refractivity contribution is 6.00. The molecule has 6 rings (SSSR count). The maximum Gasteiger partial charge on any atom is 0.181 e. The van der Waals surface area contributed by atoms with Crippen LogP contribution in [0.2, 0.25) is 0 Å². The lowest BCUT2D eigenvalue weighted by atomic mass is 10.0. The number of hydrogen-bond acceptors (Lipinski definition) is 5. The normalized spacial score (nSPS) is 11.4. The molecule has 5 heterocycles. The number of aryl methyl sites for hydroxylation is 1. The lowest BCUT2D eigenvalue weighted by molar-refractivity contribution is 0.627. The van der Waals surface area contributed by atoms with Gasteiger partial charge in [-0.05, 0) is 61.2 Å². The van der Waals surface area contributed by atoms with Gasteiger partial charge in [-0.3, -0.25) is 15.1 Å². The third-order valence-electron chi connectivity index (χ3n) is 6.80. The topological polar surface area (TPSA) is 95.2 Å². The predicted molar refractivity (Wildman–Crippen MR) is 155 cm³/mol. The fraction of sp³-hybridized carbons (Fsp3) is 0.161. The average Bonchev–Trinajstić information content (AvgIpc) is 3.55. The minimum atomic E-state index is -0.269. The molecule has 0 radical (unpaired) electrons. The summed E-state index contributed by atoms with van der Waals surface area (Å²) in [6.45, 7) is 8.18. The Kier molecular flexibility index (Phi) is 6.36. The number of H-pyrrole nitrogens is 2. The summed E-state index contributed by atoms with van der Waals surface area (Å²) in [4.78, 5) is 16.9. The van der Waals surface area contributed by atoms with Crippen LogP contribution < -0.4 is 5.32 Å². The maximum absolute atomic E-state index is 14.2. The largest absolute Gasteiger partial charge is 0.358 e. The van der Waals surface area contributed by atoms with Crippen molar-refractivity contribution in [1.82, 2.24) is 30.1 Å². The third-order valence-corrected chi connectivity index (χ3v) is 6.80. The third kappa shape index (κ3) is 4.88. The molecule has 0 aliphatic carbocycles. The Bertz CT molecular complexity index is 1810. The van der Waals surface area contributed by atoms with Crippen LogP contribution >= 0.6 is 0 Å². The molecule has 0 aliphatic heterocycles. The molecule has 1 aromatic carbocycles. The molecule has 0 spiro atoms. The highest BCUT2D eigenvalue weighted by atomic mass is 19.1. The van der Waals surface area contributed by atoms with Gasteiger partial charge in [-0.1, -0.05) is 26.0 Å². The highest BCUT2D eigenvalue weighted by Crippen LogP contribution is 2.35. The lowest BCUT2D eigenvalue weighted by Gasteiger charge is -2.10. The maximum atomic E-state index is 14.2. The monoisotopic (exact) mass is 517 g/mol. The minimum Gasteiger partial charge on any atom is -0.358 e. The van der Waals surface area contributed by atoms with Crippen LogP contribution in [0, 0.1) is 12.7 Å². The molecule has 7 nitrogen and oxygen atoms in total. The van der Waals surface area contributed by atoms with Gasteiger partial charge in [0, 0.05) is 51.8 Å². The minimum absolute atomic E-state index is 0.269. The van der Waals surface area contributed by atoms with Gasteiger partial charge in [0.05, 0.1) is 35.0 Å². The number of unbranched alkanes of at least 4 members (excludes halogenated alkanes) is 1. The number of pyridine rings is 3. The quantitative estimate of drug-likeness (QED) is 0.191. The molecule has 0 saturated carbocycles. The van der Waals surface area contributed by atoms with Crippen LogP contribution in [0.4, 0.5) is 10.1 Å². The van der Waals surface area contributed by atoms with Crippen molar-refractivity contribution < 1.29 is 4.39 Å². The molecule has 5 aromatic heterocycles. The number of aromatic nitrogens is 6. The molecule has 8 heteroatoms. The van der Waals surface area contributed by atoms with Gasteiger partial charge in [-0.2, -0.15) is 5.10 Å². The molecule has 6 aromatic rings. The van der Waals surface area contributed by atoms with E-state index in [0.29, 0.717) is 5.65 Å². The molecule has 0 bridgehead atoms. The van der Waals surface area contributed by atoms with Crippen molar-refractivity contribution in [3.63, 3.8) is 0 Å². The van der Waals surface area contributed by atoms with Crippen molar-refractivity contribution in [2.75, 3.05) is 5.32 Å². The standard InChI is InChI=1S/C31H28FN7/c1-4-5-6-19(3)36-24-10-21(13-33-15-24)22-11-26-30(38-39-31(26)35-14-22)28-12-25-27(16-34-17-29(25)37-28)20-7-18(2)8-23(32)9-20/h7-17,36-37H,3-6H2,1-2H3,(H,35,38,39). The number of nitrogens with one attached hydrogen (secondary N) is 3. The second-order valence-electron chi connectivity index (χ2n) is 9.84.